The number of methoxy groups -OCH3 is 1. The molecule has 0 fully saturated rings. The standard InChI is InChI=1S/C23H21FN2O4S/c1-30-22-8-3-2-7-21(22)26-31(28,29)18-6-4-5-16(14-18)23(27)25-20-12-9-15-13-17(24)10-11-19(15)20/h2-8,10-11,13-14,20,26H,9,12H2,1H3,(H,25,27). The van der Waals surface area contributed by atoms with Crippen LogP contribution in [0.5, 0.6) is 5.75 Å². The summed E-state index contributed by atoms with van der Waals surface area (Å²) < 4.78 is 46.8. The average Bonchev–Trinajstić information content (AvgIpc) is 3.15. The Bertz CT molecular complexity index is 1240. The predicted molar refractivity (Wildman–Crippen MR) is 115 cm³/mol. The number of rotatable bonds is 6. The van der Waals surface area contributed by atoms with Gasteiger partial charge in [-0.25, -0.2) is 12.8 Å². The maximum Gasteiger partial charge on any atom is 0.262 e. The van der Waals surface area contributed by atoms with Crippen molar-refractivity contribution in [3.8, 4) is 5.75 Å². The Morgan fingerprint density at radius 1 is 1.06 bits per heavy atom. The van der Waals surface area contributed by atoms with Crippen LogP contribution in [-0.2, 0) is 16.4 Å². The molecule has 1 aliphatic carbocycles. The molecule has 3 aromatic rings. The lowest BCUT2D eigenvalue weighted by Crippen LogP contribution is -2.27. The molecule has 1 aliphatic rings. The third-order valence-electron chi connectivity index (χ3n) is 5.25. The van der Waals surface area contributed by atoms with Gasteiger partial charge in [0.15, 0.2) is 0 Å². The van der Waals surface area contributed by atoms with E-state index in [1.54, 1.807) is 36.4 Å². The number of benzene rings is 3. The van der Waals surface area contributed by atoms with Gasteiger partial charge in [-0.1, -0.05) is 24.3 Å². The SMILES string of the molecule is COc1ccccc1NS(=O)(=O)c1cccc(C(=O)NC2CCc3cc(F)ccc32)c1. The lowest BCUT2D eigenvalue weighted by molar-refractivity contribution is 0.0936. The quantitative estimate of drug-likeness (QED) is 0.606. The Hall–Kier alpha value is -3.39. The van der Waals surface area contributed by atoms with E-state index in [4.69, 9.17) is 4.74 Å². The molecule has 0 spiro atoms. The molecule has 6 nitrogen and oxygen atoms in total. The number of hydrogen-bond donors (Lipinski definition) is 2. The highest BCUT2D eigenvalue weighted by molar-refractivity contribution is 7.92. The van der Waals surface area contributed by atoms with Crippen LogP contribution in [0.2, 0.25) is 0 Å². The van der Waals surface area contributed by atoms with Gasteiger partial charge in [0.05, 0.1) is 23.7 Å². The highest BCUT2D eigenvalue weighted by Gasteiger charge is 2.25. The molecular weight excluding hydrogens is 419 g/mol. The zero-order valence-corrected chi connectivity index (χ0v) is 17.6. The molecule has 0 bridgehead atoms. The Kier molecular flexibility index (Phi) is 5.65. The van der Waals surface area contributed by atoms with Crippen LogP contribution in [0.1, 0.15) is 33.9 Å². The second kappa shape index (κ2) is 8.39. The van der Waals surface area contributed by atoms with Gasteiger partial charge < -0.3 is 10.1 Å². The van der Waals surface area contributed by atoms with Crippen LogP contribution in [0.15, 0.2) is 71.6 Å². The van der Waals surface area contributed by atoms with E-state index in [1.165, 1.54) is 37.4 Å². The predicted octanol–water partition coefficient (Wildman–Crippen LogP) is 4.05. The molecule has 31 heavy (non-hydrogen) atoms. The summed E-state index contributed by atoms with van der Waals surface area (Å²) in [6.45, 7) is 0. The Balaban J connectivity index is 1.54. The topological polar surface area (TPSA) is 84.5 Å². The fourth-order valence-electron chi connectivity index (χ4n) is 3.71. The van der Waals surface area contributed by atoms with Crippen molar-refractivity contribution in [1.29, 1.82) is 0 Å². The van der Waals surface area contributed by atoms with E-state index >= 15 is 0 Å². The zero-order chi connectivity index (χ0) is 22.0. The van der Waals surface area contributed by atoms with Gasteiger partial charge in [0, 0.05) is 5.56 Å². The van der Waals surface area contributed by atoms with E-state index in [0.717, 1.165) is 11.1 Å². The minimum absolute atomic E-state index is 0.0417. The highest BCUT2D eigenvalue weighted by Crippen LogP contribution is 2.32. The first-order valence-electron chi connectivity index (χ1n) is 9.72. The van der Waals surface area contributed by atoms with Gasteiger partial charge in [0.1, 0.15) is 11.6 Å². The maximum atomic E-state index is 13.4. The number of halogens is 1. The van der Waals surface area contributed by atoms with Crippen LogP contribution >= 0.6 is 0 Å². The number of carbonyl (C=O) groups excluding carboxylic acids is 1. The number of aryl methyl sites for hydroxylation is 1. The first-order valence-corrected chi connectivity index (χ1v) is 11.2. The summed E-state index contributed by atoms with van der Waals surface area (Å²) in [7, 11) is -2.48. The summed E-state index contributed by atoms with van der Waals surface area (Å²) in [6.07, 6.45) is 1.34. The van der Waals surface area contributed by atoms with Gasteiger partial charge in [-0.2, -0.15) is 0 Å². The summed E-state index contributed by atoms with van der Waals surface area (Å²) in [6, 6.07) is 16.8. The normalized spacial score (nSPS) is 15.2. The summed E-state index contributed by atoms with van der Waals surface area (Å²) in [4.78, 5) is 12.8. The monoisotopic (exact) mass is 440 g/mol. The molecule has 1 atom stereocenters. The summed E-state index contributed by atoms with van der Waals surface area (Å²) in [5, 5.41) is 2.92. The average molecular weight is 440 g/mol. The molecule has 3 aromatic carbocycles. The fourth-order valence-corrected chi connectivity index (χ4v) is 4.83. The largest absolute Gasteiger partial charge is 0.495 e. The molecule has 0 saturated heterocycles. The van der Waals surface area contributed by atoms with Crippen LogP contribution in [-0.4, -0.2) is 21.4 Å². The first-order chi connectivity index (χ1) is 14.9. The number of sulfonamides is 1. The number of hydrogen-bond acceptors (Lipinski definition) is 4. The molecule has 0 saturated carbocycles. The molecule has 0 radical (unpaired) electrons. The van der Waals surface area contributed by atoms with E-state index in [2.05, 4.69) is 10.0 Å². The maximum absolute atomic E-state index is 13.4. The number of nitrogens with one attached hydrogen (secondary N) is 2. The van der Waals surface area contributed by atoms with Crippen molar-refractivity contribution in [2.24, 2.45) is 0 Å². The second-order valence-corrected chi connectivity index (χ2v) is 8.92. The van der Waals surface area contributed by atoms with Gasteiger partial charge in [0.25, 0.3) is 15.9 Å². The van der Waals surface area contributed by atoms with Crippen LogP contribution in [0.25, 0.3) is 0 Å². The van der Waals surface area contributed by atoms with Crippen LogP contribution in [0.4, 0.5) is 10.1 Å². The van der Waals surface area contributed by atoms with Gasteiger partial charge in [-0.3, -0.25) is 9.52 Å². The molecule has 1 unspecified atom stereocenters. The molecule has 4 rings (SSSR count). The van der Waals surface area contributed by atoms with E-state index < -0.39 is 15.9 Å². The van der Waals surface area contributed by atoms with Crippen LogP contribution in [0.3, 0.4) is 0 Å². The van der Waals surface area contributed by atoms with E-state index in [1.807, 2.05) is 0 Å². The van der Waals surface area contributed by atoms with Gasteiger partial charge >= 0.3 is 0 Å². The summed E-state index contributed by atoms with van der Waals surface area (Å²) >= 11 is 0. The molecule has 160 valence electrons. The van der Waals surface area contributed by atoms with Crippen LogP contribution < -0.4 is 14.8 Å². The van der Waals surface area contributed by atoms with Gasteiger partial charge in [-0.05, 0) is 66.4 Å². The molecule has 0 aromatic heterocycles. The fraction of sp³-hybridized carbons (Fsp3) is 0.174. The Labute approximate surface area is 180 Å². The molecule has 0 heterocycles. The van der Waals surface area contributed by atoms with Crippen molar-refractivity contribution in [2.75, 3.05) is 11.8 Å². The molecule has 1 amide bonds. The molecule has 0 aliphatic heterocycles. The summed E-state index contributed by atoms with van der Waals surface area (Å²) in [5.74, 6) is -0.306. The van der Waals surface area contributed by atoms with Crippen molar-refractivity contribution in [2.45, 2.75) is 23.8 Å². The lowest BCUT2D eigenvalue weighted by atomic mass is 10.1. The van der Waals surface area contributed by atoms with E-state index in [0.29, 0.717) is 24.3 Å². The van der Waals surface area contributed by atoms with E-state index in [-0.39, 0.29) is 22.3 Å². The zero-order valence-electron chi connectivity index (χ0n) is 16.8. The van der Waals surface area contributed by atoms with Gasteiger partial charge in [0.2, 0.25) is 0 Å². The molecule has 2 N–H and O–H groups in total. The Morgan fingerprint density at radius 3 is 2.68 bits per heavy atom. The highest BCUT2D eigenvalue weighted by atomic mass is 32.2. The smallest absolute Gasteiger partial charge is 0.262 e. The van der Waals surface area contributed by atoms with Crippen molar-refractivity contribution < 1.29 is 22.3 Å². The number of fused-ring (bicyclic) bond motifs is 1. The molecule has 8 heteroatoms. The third kappa shape index (κ3) is 4.39. The van der Waals surface area contributed by atoms with Crippen molar-refractivity contribution in [3.63, 3.8) is 0 Å². The molecular formula is C23H21FN2O4S. The van der Waals surface area contributed by atoms with Crippen molar-refractivity contribution >= 4 is 21.6 Å². The minimum atomic E-state index is -3.93. The lowest BCUT2D eigenvalue weighted by Gasteiger charge is -2.15. The van der Waals surface area contributed by atoms with E-state index in [9.17, 15) is 17.6 Å². The Morgan fingerprint density at radius 2 is 1.87 bits per heavy atom. The number of anilines is 1. The van der Waals surface area contributed by atoms with Crippen molar-refractivity contribution in [3.05, 3.63) is 89.2 Å². The second-order valence-electron chi connectivity index (χ2n) is 7.24. The van der Waals surface area contributed by atoms with Crippen molar-refractivity contribution in [1.82, 2.24) is 5.32 Å². The minimum Gasteiger partial charge on any atom is -0.495 e. The number of amides is 1. The number of para-hydroxylation sites is 2. The number of ether oxygens (including phenoxy) is 1. The van der Waals surface area contributed by atoms with Gasteiger partial charge in [-0.15, -0.1) is 0 Å². The third-order valence-corrected chi connectivity index (χ3v) is 6.61. The number of carbonyl (C=O) groups is 1. The van der Waals surface area contributed by atoms with Crippen LogP contribution in [0, 0.1) is 5.82 Å². The summed E-state index contributed by atoms with van der Waals surface area (Å²) in [5.41, 5.74) is 2.28. The first kappa shape index (κ1) is 20.9.